The lowest BCUT2D eigenvalue weighted by Gasteiger charge is -2.06. The third kappa shape index (κ3) is 2.14. The van der Waals surface area contributed by atoms with E-state index in [1.807, 2.05) is 0 Å². The largest absolute Gasteiger partial charge is 0.442 e. The van der Waals surface area contributed by atoms with E-state index in [4.69, 9.17) is 15.9 Å². The van der Waals surface area contributed by atoms with Crippen LogP contribution in [0.3, 0.4) is 0 Å². The molecule has 0 aromatic rings. The number of nitrogens with zero attached hydrogens (tertiary/aromatic N) is 1. The summed E-state index contributed by atoms with van der Waals surface area (Å²) in [5.41, 5.74) is 0. The minimum atomic E-state index is -0.302. The first-order valence-electron chi connectivity index (χ1n) is 3.67. The third-order valence-corrected chi connectivity index (χ3v) is 1.55. The molecule has 0 spiro atoms. The molecule has 4 heteroatoms. The van der Waals surface area contributed by atoms with E-state index in [2.05, 4.69) is 5.92 Å². The van der Waals surface area contributed by atoms with Gasteiger partial charge in [-0.2, -0.15) is 0 Å². The zero-order chi connectivity index (χ0) is 8.97. The summed E-state index contributed by atoms with van der Waals surface area (Å²) in [5.74, 6) is 2.34. The maximum atomic E-state index is 10.8. The molecule has 1 aliphatic rings. The van der Waals surface area contributed by atoms with E-state index in [0.717, 1.165) is 0 Å². The monoisotopic (exact) mass is 169 g/mol. The van der Waals surface area contributed by atoms with E-state index < -0.39 is 0 Å². The topological polar surface area (TPSA) is 38.8 Å². The van der Waals surface area contributed by atoms with Crippen molar-refractivity contribution in [1.29, 1.82) is 0 Å². The van der Waals surface area contributed by atoms with Gasteiger partial charge < -0.3 is 14.4 Å². The molecule has 0 radical (unpaired) electrons. The smallest absolute Gasteiger partial charge is 0.410 e. The molecule has 0 saturated carbocycles. The Morgan fingerprint density at radius 1 is 1.92 bits per heavy atom. The SMILES string of the molecule is C#CCOCC1CN(C)C(=O)O1. The quantitative estimate of drug-likeness (QED) is 0.444. The van der Waals surface area contributed by atoms with Gasteiger partial charge in [-0.3, -0.25) is 0 Å². The molecule has 0 aromatic carbocycles. The number of hydrogen-bond acceptors (Lipinski definition) is 3. The average Bonchev–Trinajstić information content (AvgIpc) is 2.32. The van der Waals surface area contributed by atoms with Crippen LogP contribution in [0.25, 0.3) is 0 Å². The molecule has 1 heterocycles. The molecule has 1 unspecified atom stereocenters. The van der Waals surface area contributed by atoms with Crippen LogP contribution in [0.4, 0.5) is 4.79 Å². The number of cyclic esters (lactones) is 1. The van der Waals surface area contributed by atoms with E-state index in [0.29, 0.717) is 13.2 Å². The zero-order valence-corrected chi connectivity index (χ0v) is 6.95. The minimum Gasteiger partial charge on any atom is -0.442 e. The first-order valence-corrected chi connectivity index (χ1v) is 3.67. The van der Waals surface area contributed by atoms with Crippen LogP contribution in [0.1, 0.15) is 0 Å². The second-order valence-electron chi connectivity index (χ2n) is 2.61. The van der Waals surface area contributed by atoms with Gasteiger partial charge >= 0.3 is 6.09 Å². The average molecular weight is 169 g/mol. The molecule has 4 nitrogen and oxygen atoms in total. The number of carbonyl (C=O) groups excluding carboxylic acids is 1. The fourth-order valence-corrected chi connectivity index (χ4v) is 0.986. The van der Waals surface area contributed by atoms with Crippen molar-refractivity contribution >= 4 is 6.09 Å². The van der Waals surface area contributed by atoms with Crippen molar-refractivity contribution in [3.05, 3.63) is 0 Å². The molecule has 1 fully saturated rings. The lowest BCUT2D eigenvalue weighted by atomic mass is 10.4. The van der Waals surface area contributed by atoms with Crippen molar-refractivity contribution < 1.29 is 14.3 Å². The summed E-state index contributed by atoms with van der Waals surface area (Å²) >= 11 is 0. The van der Waals surface area contributed by atoms with Crippen molar-refractivity contribution in [2.75, 3.05) is 26.8 Å². The van der Waals surface area contributed by atoms with Gasteiger partial charge in [0.1, 0.15) is 12.7 Å². The predicted octanol–water partition coefficient (Wildman–Crippen LogP) is 0.0868. The normalized spacial score (nSPS) is 22.2. The maximum absolute atomic E-state index is 10.8. The summed E-state index contributed by atoms with van der Waals surface area (Å²) in [6, 6.07) is 0. The molecule has 1 aliphatic heterocycles. The van der Waals surface area contributed by atoms with Crippen molar-refractivity contribution in [3.8, 4) is 12.3 Å². The lowest BCUT2D eigenvalue weighted by molar-refractivity contribution is 0.0598. The van der Waals surface area contributed by atoms with Gasteiger partial charge in [0.15, 0.2) is 0 Å². The highest BCUT2D eigenvalue weighted by Gasteiger charge is 2.27. The number of terminal acetylenes is 1. The standard InChI is InChI=1S/C8H11NO3/c1-3-4-11-6-7-5-9(2)8(10)12-7/h1,7H,4-6H2,2H3. The molecule has 66 valence electrons. The van der Waals surface area contributed by atoms with E-state index in [1.165, 1.54) is 4.90 Å². The highest BCUT2D eigenvalue weighted by atomic mass is 16.6. The van der Waals surface area contributed by atoms with Crippen LogP contribution in [0.2, 0.25) is 0 Å². The van der Waals surface area contributed by atoms with E-state index in [9.17, 15) is 4.79 Å². The number of likely N-dealkylation sites (N-methyl/N-ethyl adjacent to an activating group) is 1. The number of rotatable bonds is 3. The zero-order valence-electron chi connectivity index (χ0n) is 6.95. The number of hydrogen-bond donors (Lipinski definition) is 0. The molecule has 1 amide bonds. The first kappa shape index (κ1) is 8.88. The summed E-state index contributed by atoms with van der Waals surface area (Å²) in [4.78, 5) is 12.3. The van der Waals surface area contributed by atoms with Crippen molar-refractivity contribution in [3.63, 3.8) is 0 Å². The summed E-state index contributed by atoms with van der Waals surface area (Å²) in [6.45, 7) is 1.21. The van der Waals surface area contributed by atoms with Crippen LogP contribution in [0.5, 0.6) is 0 Å². The Labute approximate surface area is 71.4 Å². The molecule has 1 saturated heterocycles. The molecular formula is C8H11NO3. The third-order valence-electron chi connectivity index (χ3n) is 1.55. The molecule has 1 rings (SSSR count). The van der Waals surface area contributed by atoms with Crippen LogP contribution < -0.4 is 0 Å². The first-order chi connectivity index (χ1) is 5.74. The second kappa shape index (κ2) is 3.98. The Hall–Kier alpha value is -1.21. The van der Waals surface area contributed by atoms with Gasteiger partial charge in [0.05, 0.1) is 13.2 Å². The van der Waals surface area contributed by atoms with Gasteiger partial charge in [-0.15, -0.1) is 6.42 Å². The molecule has 0 bridgehead atoms. The second-order valence-corrected chi connectivity index (χ2v) is 2.61. The molecule has 0 aromatic heterocycles. The number of amides is 1. The molecule has 12 heavy (non-hydrogen) atoms. The maximum Gasteiger partial charge on any atom is 0.410 e. The van der Waals surface area contributed by atoms with Gasteiger partial charge in [0, 0.05) is 7.05 Å². The number of ether oxygens (including phenoxy) is 2. The van der Waals surface area contributed by atoms with Crippen molar-refractivity contribution in [2.45, 2.75) is 6.10 Å². The van der Waals surface area contributed by atoms with Crippen LogP contribution in [-0.4, -0.2) is 43.9 Å². The number of carbonyl (C=O) groups is 1. The summed E-state index contributed by atoms with van der Waals surface area (Å²) < 4.78 is 9.94. The summed E-state index contributed by atoms with van der Waals surface area (Å²) in [6.07, 6.45) is 4.50. The fraction of sp³-hybridized carbons (Fsp3) is 0.625. The Morgan fingerprint density at radius 3 is 3.17 bits per heavy atom. The molecule has 0 N–H and O–H groups in total. The highest BCUT2D eigenvalue weighted by molar-refractivity contribution is 5.69. The lowest BCUT2D eigenvalue weighted by Crippen LogP contribution is -2.22. The predicted molar refractivity (Wildman–Crippen MR) is 42.6 cm³/mol. The van der Waals surface area contributed by atoms with E-state index >= 15 is 0 Å². The van der Waals surface area contributed by atoms with Crippen LogP contribution in [0.15, 0.2) is 0 Å². The van der Waals surface area contributed by atoms with Gasteiger partial charge in [-0.1, -0.05) is 5.92 Å². The molecule has 1 atom stereocenters. The fourth-order valence-electron chi connectivity index (χ4n) is 0.986. The Kier molecular flexibility index (Phi) is 2.94. The minimum absolute atomic E-state index is 0.171. The Balaban J connectivity index is 2.20. The van der Waals surface area contributed by atoms with Crippen LogP contribution in [0, 0.1) is 12.3 Å². The van der Waals surface area contributed by atoms with Gasteiger partial charge in [0.25, 0.3) is 0 Å². The van der Waals surface area contributed by atoms with Crippen molar-refractivity contribution in [2.24, 2.45) is 0 Å². The van der Waals surface area contributed by atoms with Gasteiger partial charge in [0.2, 0.25) is 0 Å². The highest BCUT2D eigenvalue weighted by Crippen LogP contribution is 2.08. The summed E-state index contributed by atoms with van der Waals surface area (Å²) in [5, 5.41) is 0. The van der Waals surface area contributed by atoms with Gasteiger partial charge in [-0.05, 0) is 0 Å². The van der Waals surface area contributed by atoms with E-state index in [1.54, 1.807) is 7.05 Å². The Morgan fingerprint density at radius 2 is 2.67 bits per heavy atom. The van der Waals surface area contributed by atoms with Crippen molar-refractivity contribution in [1.82, 2.24) is 4.90 Å². The summed E-state index contributed by atoms with van der Waals surface area (Å²) in [7, 11) is 1.68. The van der Waals surface area contributed by atoms with E-state index in [-0.39, 0.29) is 18.8 Å². The van der Waals surface area contributed by atoms with Gasteiger partial charge in [-0.25, -0.2) is 4.79 Å². The molecule has 0 aliphatic carbocycles. The Bertz CT molecular complexity index is 209. The van der Waals surface area contributed by atoms with Crippen LogP contribution >= 0.6 is 0 Å². The van der Waals surface area contributed by atoms with Crippen LogP contribution in [-0.2, 0) is 9.47 Å². The molecular weight excluding hydrogens is 158 g/mol.